The topological polar surface area (TPSA) is 96.5 Å². The van der Waals surface area contributed by atoms with Crippen LogP contribution in [0, 0.1) is 0 Å². The van der Waals surface area contributed by atoms with E-state index < -0.39 is 11.9 Å². The van der Waals surface area contributed by atoms with Crippen molar-refractivity contribution in [2.45, 2.75) is 12.8 Å². The molecular weight excluding hydrogens is 222 g/mol. The molecule has 1 rings (SSSR count). The van der Waals surface area contributed by atoms with Crippen molar-refractivity contribution in [1.82, 2.24) is 4.98 Å². The zero-order valence-corrected chi connectivity index (χ0v) is 9.59. The third kappa shape index (κ3) is 4.10. The summed E-state index contributed by atoms with van der Waals surface area (Å²) < 4.78 is 0. The molecule has 1 amide bonds. The summed E-state index contributed by atoms with van der Waals surface area (Å²) in [7, 11) is 1.82. The van der Waals surface area contributed by atoms with Crippen molar-refractivity contribution >= 4 is 17.6 Å². The maximum Gasteiger partial charge on any atom is 0.303 e. The summed E-state index contributed by atoms with van der Waals surface area (Å²) in [4.78, 5) is 27.0. The van der Waals surface area contributed by atoms with Gasteiger partial charge in [0.25, 0.3) is 5.91 Å². The zero-order valence-electron chi connectivity index (χ0n) is 9.59. The summed E-state index contributed by atoms with van der Waals surface area (Å²) in [5.74, 6) is -1.39. The molecule has 92 valence electrons. The second kappa shape index (κ2) is 5.83. The number of amides is 1. The van der Waals surface area contributed by atoms with Gasteiger partial charge >= 0.3 is 5.97 Å². The molecule has 0 fully saturated rings. The van der Waals surface area contributed by atoms with Crippen LogP contribution >= 0.6 is 0 Å². The van der Waals surface area contributed by atoms with Crippen LogP contribution in [0.2, 0.25) is 0 Å². The second-order valence-corrected chi connectivity index (χ2v) is 3.68. The maximum atomic E-state index is 10.9. The minimum atomic E-state index is -0.814. The van der Waals surface area contributed by atoms with Gasteiger partial charge in [0.2, 0.25) is 0 Å². The molecule has 0 saturated carbocycles. The van der Waals surface area contributed by atoms with Gasteiger partial charge in [-0.15, -0.1) is 0 Å². The van der Waals surface area contributed by atoms with Crippen molar-refractivity contribution in [3.63, 3.8) is 0 Å². The fourth-order valence-corrected chi connectivity index (χ4v) is 1.39. The second-order valence-electron chi connectivity index (χ2n) is 3.68. The molecule has 1 aromatic heterocycles. The van der Waals surface area contributed by atoms with Crippen molar-refractivity contribution < 1.29 is 14.7 Å². The molecule has 0 aromatic carbocycles. The van der Waals surface area contributed by atoms with Gasteiger partial charge in [-0.1, -0.05) is 0 Å². The highest BCUT2D eigenvalue weighted by atomic mass is 16.4. The number of aliphatic carboxylic acids is 1. The van der Waals surface area contributed by atoms with E-state index in [4.69, 9.17) is 10.8 Å². The number of carbonyl (C=O) groups is 2. The van der Waals surface area contributed by atoms with Crippen molar-refractivity contribution in [3.05, 3.63) is 24.0 Å². The van der Waals surface area contributed by atoms with Crippen LogP contribution in [0.3, 0.4) is 0 Å². The molecule has 0 spiro atoms. The predicted octanol–water partition coefficient (Wildman–Crippen LogP) is 0.481. The summed E-state index contributed by atoms with van der Waals surface area (Å²) >= 11 is 0. The van der Waals surface area contributed by atoms with Crippen LogP contribution in [-0.4, -0.2) is 35.6 Å². The van der Waals surface area contributed by atoms with Crippen LogP contribution in [0.4, 0.5) is 5.69 Å². The van der Waals surface area contributed by atoms with Gasteiger partial charge < -0.3 is 15.7 Å². The highest BCUT2D eigenvalue weighted by Gasteiger charge is 2.06. The van der Waals surface area contributed by atoms with Crippen LogP contribution in [0.25, 0.3) is 0 Å². The zero-order chi connectivity index (χ0) is 12.8. The van der Waals surface area contributed by atoms with Crippen LogP contribution in [0.1, 0.15) is 23.3 Å². The molecule has 0 aliphatic carbocycles. The van der Waals surface area contributed by atoms with Crippen LogP contribution < -0.4 is 10.6 Å². The number of primary amides is 1. The minimum Gasteiger partial charge on any atom is -0.481 e. The number of pyridine rings is 1. The lowest BCUT2D eigenvalue weighted by atomic mass is 10.2. The number of carboxylic acids is 1. The molecule has 0 aliphatic heterocycles. The van der Waals surface area contributed by atoms with Gasteiger partial charge in [-0.3, -0.25) is 14.6 Å². The quantitative estimate of drug-likeness (QED) is 0.750. The normalized spacial score (nSPS) is 9.94. The van der Waals surface area contributed by atoms with Crippen LogP contribution in [-0.2, 0) is 4.79 Å². The molecule has 0 unspecified atom stereocenters. The van der Waals surface area contributed by atoms with E-state index in [1.807, 2.05) is 11.9 Å². The smallest absolute Gasteiger partial charge is 0.303 e. The van der Waals surface area contributed by atoms with E-state index in [0.717, 1.165) is 5.69 Å². The predicted molar refractivity (Wildman–Crippen MR) is 62.9 cm³/mol. The first-order chi connectivity index (χ1) is 8.00. The number of carboxylic acid groups (broad SMARTS) is 1. The van der Waals surface area contributed by atoms with Gasteiger partial charge in [-0.2, -0.15) is 0 Å². The summed E-state index contributed by atoms with van der Waals surface area (Å²) in [6, 6.07) is 3.33. The highest BCUT2D eigenvalue weighted by molar-refractivity contribution is 5.91. The van der Waals surface area contributed by atoms with Crippen LogP contribution in [0.15, 0.2) is 18.3 Å². The first-order valence-electron chi connectivity index (χ1n) is 5.19. The molecule has 6 heteroatoms. The van der Waals surface area contributed by atoms with E-state index in [-0.39, 0.29) is 12.1 Å². The average Bonchev–Trinajstić information content (AvgIpc) is 2.28. The van der Waals surface area contributed by atoms with E-state index in [0.29, 0.717) is 13.0 Å². The molecule has 0 saturated heterocycles. The Morgan fingerprint density at radius 1 is 1.53 bits per heavy atom. The molecular formula is C11H15N3O3. The van der Waals surface area contributed by atoms with Gasteiger partial charge in [0.1, 0.15) is 5.69 Å². The van der Waals surface area contributed by atoms with Gasteiger partial charge in [0.15, 0.2) is 0 Å². The first kappa shape index (κ1) is 13.0. The van der Waals surface area contributed by atoms with Crippen molar-refractivity contribution in [2.75, 3.05) is 18.5 Å². The molecule has 0 bridgehead atoms. The molecule has 17 heavy (non-hydrogen) atoms. The average molecular weight is 237 g/mol. The van der Waals surface area contributed by atoms with Crippen molar-refractivity contribution in [1.29, 1.82) is 0 Å². The number of anilines is 1. The molecule has 6 nitrogen and oxygen atoms in total. The van der Waals surface area contributed by atoms with E-state index in [9.17, 15) is 9.59 Å². The Kier molecular flexibility index (Phi) is 4.45. The molecule has 0 radical (unpaired) electrons. The Bertz CT molecular complexity index is 420. The highest BCUT2D eigenvalue weighted by Crippen LogP contribution is 2.13. The number of hydrogen-bond donors (Lipinski definition) is 2. The number of nitrogens with two attached hydrogens (primary N) is 1. The lowest BCUT2D eigenvalue weighted by Crippen LogP contribution is -2.20. The van der Waals surface area contributed by atoms with E-state index in [1.54, 1.807) is 12.1 Å². The molecule has 3 N–H and O–H groups in total. The van der Waals surface area contributed by atoms with Crippen LogP contribution in [0.5, 0.6) is 0 Å². The molecule has 0 aliphatic rings. The van der Waals surface area contributed by atoms with Gasteiger partial charge in [-0.25, -0.2) is 0 Å². The first-order valence-corrected chi connectivity index (χ1v) is 5.19. The monoisotopic (exact) mass is 237 g/mol. The number of nitrogens with zero attached hydrogens (tertiary/aromatic N) is 2. The lowest BCUT2D eigenvalue weighted by Gasteiger charge is -2.18. The minimum absolute atomic E-state index is 0.123. The molecule has 1 heterocycles. The van der Waals surface area contributed by atoms with Gasteiger partial charge in [-0.05, 0) is 18.6 Å². The van der Waals surface area contributed by atoms with Gasteiger partial charge in [0.05, 0.1) is 0 Å². The Morgan fingerprint density at radius 3 is 2.82 bits per heavy atom. The number of carbonyl (C=O) groups excluding carboxylic acids is 1. The fourth-order valence-electron chi connectivity index (χ4n) is 1.39. The molecule has 0 atom stereocenters. The Morgan fingerprint density at radius 2 is 2.24 bits per heavy atom. The lowest BCUT2D eigenvalue weighted by molar-refractivity contribution is -0.137. The van der Waals surface area contributed by atoms with E-state index in [2.05, 4.69) is 4.98 Å². The number of rotatable bonds is 6. The number of aromatic nitrogens is 1. The van der Waals surface area contributed by atoms with Crippen molar-refractivity contribution in [2.24, 2.45) is 5.73 Å². The third-order valence-corrected chi connectivity index (χ3v) is 2.32. The Labute approximate surface area is 99.1 Å². The largest absolute Gasteiger partial charge is 0.481 e. The maximum absolute atomic E-state index is 10.9. The van der Waals surface area contributed by atoms with E-state index in [1.165, 1.54) is 6.20 Å². The molecule has 1 aromatic rings. The Hall–Kier alpha value is -2.11. The van der Waals surface area contributed by atoms with Gasteiger partial charge in [0, 0.05) is 31.9 Å². The summed E-state index contributed by atoms with van der Waals surface area (Å²) in [6.07, 6.45) is 2.17. The standard InChI is InChI=1S/C11H15N3O3/c1-14(6-2-3-10(15)16)8-4-5-13-9(7-8)11(12)17/h4-5,7H,2-3,6H2,1H3,(H2,12,17)(H,15,16). The number of hydrogen-bond acceptors (Lipinski definition) is 4. The Balaban J connectivity index is 2.62. The van der Waals surface area contributed by atoms with Crippen molar-refractivity contribution in [3.8, 4) is 0 Å². The van der Waals surface area contributed by atoms with E-state index >= 15 is 0 Å². The summed E-state index contributed by atoms with van der Waals surface area (Å²) in [6.45, 7) is 0.592. The third-order valence-electron chi connectivity index (χ3n) is 2.32. The SMILES string of the molecule is CN(CCCC(=O)O)c1ccnc(C(N)=O)c1. The summed E-state index contributed by atoms with van der Waals surface area (Å²) in [5.41, 5.74) is 6.12. The fraction of sp³-hybridized carbons (Fsp3) is 0.364. The summed E-state index contributed by atoms with van der Waals surface area (Å²) in [5, 5.41) is 8.52.